The van der Waals surface area contributed by atoms with E-state index in [0.29, 0.717) is 27.1 Å². The Morgan fingerprint density at radius 1 is 1.21 bits per heavy atom. The number of benzene rings is 2. The monoisotopic (exact) mass is 500 g/mol. The van der Waals surface area contributed by atoms with Gasteiger partial charge in [0.2, 0.25) is 0 Å². The van der Waals surface area contributed by atoms with Crippen LogP contribution in [0.4, 0.5) is 10.7 Å². The van der Waals surface area contributed by atoms with Crippen LogP contribution in [0.3, 0.4) is 0 Å². The van der Waals surface area contributed by atoms with E-state index in [1.165, 1.54) is 17.2 Å². The van der Waals surface area contributed by atoms with Gasteiger partial charge in [-0.05, 0) is 60.4 Å². The van der Waals surface area contributed by atoms with Gasteiger partial charge in [0.15, 0.2) is 0 Å². The first kappa shape index (κ1) is 23.8. The Hall–Kier alpha value is -2.34. The van der Waals surface area contributed by atoms with Crippen LogP contribution in [0.5, 0.6) is 5.75 Å². The third-order valence-corrected chi connectivity index (χ3v) is 7.78. The predicted octanol–water partition coefficient (Wildman–Crippen LogP) is 7.91. The number of thiophene rings is 1. The number of rotatable bonds is 4. The lowest BCUT2D eigenvalue weighted by Crippen LogP contribution is -2.27. The fraction of sp³-hybridized carbons (Fsp3) is 0.308. The molecule has 172 valence electrons. The number of para-hydroxylation sites is 1. The van der Waals surface area contributed by atoms with Crippen LogP contribution in [0.15, 0.2) is 47.5 Å². The first-order chi connectivity index (χ1) is 15.6. The number of aromatic hydroxyl groups is 1. The molecule has 0 saturated carbocycles. The number of amides is 1. The molecule has 0 bridgehead atoms. The fourth-order valence-corrected chi connectivity index (χ4v) is 5.94. The van der Waals surface area contributed by atoms with E-state index in [-0.39, 0.29) is 22.1 Å². The molecule has 0 radical (unpaired) electrons. The Balaban J connectivity index is 1.74. The minimum Gasteiger partial charge on any atom is -0.506 e. The number of nitrogens with one attached hydrogen (secondary N) is 1. The van der Waals surface area contributed by atoms with E-state index in [1.807, 2.05) is 30.3 Å². The number of carbonyl (C=O) groups is 1. The number of aliphatic imine (C=N–C) groups is 1. The predicted molar refractivity (Wildman–Crippen MR) is 139 cm³/mol. The molecule has 0 spiro atoms. The SMILES string of the molecule is CC(C)(C)[C@H]1CCc2c(sc(N=Cc3cc(Cl)cc(Cl)c3O)c2C(=O)Nc2ccccc2)C1. The molecule has 4 rings (SSSR count). The summed E-state index contributed by atoms with van der Waals surface area (Å²) in [5.41, 5.74) is 3.02. The Bertz CT molecular complexity index is 1210. The van der Waals surface area contributed by atoms with Gasteiger partial charge in [-0.15, -0.1) is 11.3 Å². The van der Waals surface area contributed by atoms with Gasteiger partial charge in [0, 0.05) is 27.4 Å². The van der Waals surface area contributed by atoms with Crippen molar-refractivity contribution in [1.82, 2.24) is 0 Å². The summed E-state index contributed by atoms with van der Waals surface area (Å²) < 4.78 is 0. The minimum atomic E-state index is -0.173. The van der Waals surface area contributed by atoms with Crippen LogP contribution in [0.2, 0.25) is 10.0 Å². The lowest BCUT2D eigenvalue weighted by molar-refractivity contribution is 0.102. The third kappa shape index (κ3) is 5.26. The first-order valence-corrected chi connectivity index (χ1v) is 12.4. The first-order valence-electron chi connectivity index (χ1n) is 10.9. The summed E-state index contributed by atoms with van der Waals surface area (Å²) in [6.07, 6.45) is 4.32. The highest BCUT2D eigenvalue weighted by molar-refractivity contribution is 7.16. The lowest BCUT2D eigenvalue weighted by atomic mass is 9.72. The Morgan fingerprint density at radius 2 is 1.94 bits per heavy atom. The van der Waals surface area contributed by atoms with Crippen molar-refractivity contribution in [2.24, 2.45) is 16.3 Å². The molecule has 0 saturated heterocycles. The number of anilines is 1. The van der Waals surface area contributed by atoms with E-state index >= 15 is 0 Å². The van der Waals surface area contributed by atoms with Crippen LogP contribution < -0.4 is 5.32 Å². The van der Waals surface area contributed by atoms with Crippen molar-refractivity contribution in [3.05, 3.63) is 74.1 Å². The molecule has 0 aliphatic heterocycles. The van der Waals surface area contributed by atoms with E-state index in [2.05, 4.69) is 31.1 Å². The zero-order chi connectivity index (χ0) is 23.8. The van der Waals surface area contributed by atoms with Crippen molar-refractivity contribution in [3.63, 3.8) is 0 Å². The van der Waals surface area contributed by atoms with Gasteiger partial charge in [0.1, 0.15) is 10.8 Å². The molecule has 3 aromatic rings. The van der Waals surface area contributed by atoms with E-state index in [0.717, 1.165) is 30.5 Å². The maximum absolute atomic E-state index is 13.4. The molecule has 1 atom stereocenters. The Kier molecular flexibility index (Phi) is 6.85. The average molecular weight is 501 g/mol. The summed E-state index contributed by atoms with van der Waals surface area (Å²) >= 11 is 13.7. The van der Waals surface area contributed by atoms with Gasteiger partial charge in [-0.2, -0.15) is 0 Å². The van der Waals surface area contributed by atoms with Gasteiger partial charge in [-0.25, -0.2) is 4.99 Å². The number of hydrogen-bond acceptors (Lipinski definition) is 4. The smallest absolute Gasteiger partial charge is 0.259 e. The highest BCUT2D eigenvalue weighted by atomic mass is 35.5. The molecule has 1 aliphatic rings. The summed E-state index contributed by atoms with van der Waals surface area (Å²) in [6, 6.07) is 12.5. The molecule has 2 aromatic carbocycles. The van der Waals surface area contributed by atoms with E-state index in [4.69, 9.17) is 23.2 Å². The molecule has 0 fully saturated rings. The standard InChI is InChI=1S/C26H26Cl2N2O2S/c1-26(2,3)16-9-10-19-21(12-16)33-25(22(19)24(32)30-18-7-5-4-6-8-18)29-14-15-11-17(27)13-20(28)23(15)31/h4-8,11,13-14,16,31H,9-10,12H2,1-3H3,(H,30,32)/t16-/m0/s1. The van der Waals surface area contributed by atoms with Crippen LogP contribution in [0, 0.1) is 11.3 Å². The molecule has 7 heteroatoms. The van der Waals surface area contributed by atoms with Crippen molar-refractivity contribution in [3.8, 4) is 5.75 Å². The van der Waals surface area contributed by atoms with Crippen molar-refractivity contribution in [2.45, 2.75) is 40.0 Å². The fourth-order valence-electron chi connectivity index (χ4n) is 4.16. The maximum atomic E-state index is 13.4. The van der Waals surface area contributed by atoms with Gasteiger partial charge in [-0.3, -0.25) is 4.79 Å². The highest BCUT2D eigenvalue weighted by Crippen LogP contribution is 2.45. The molecule has 4 nitrogen and oxygen atoms in total. The molecule has 1 aliphatic carbocycles. The van der Waals surface area contributed by atoms with Crippen molar-refractivity contribution >= 4 is 57.3 Å². The molecule has 0 unspecified atom stereocenters. The van der Waals surface area contributed by atoms with Crippen LogP contribution in [-0.2, 0) is 12.8 Å². The van der Waals surface area contributed by atoms with Crippen molar-refractivity contribution in [1.29, 1.82) is 0 Å². The van der Waals surface area contributed by atoms with E-state index in [1.54, 1.807) is 17.4 Å². The summed E-state index contributed by atoms with van der Waals surface area (Å²) in [5.74, 6) is 0.281. The number of hydrogen-bond donors (Lipinski definition) is 2. The van der Waals surface area contributed by atoms with Gasteiger partial charge in [-0.1, -0.05) is 62.2 Å². The lowest BCUT2D eigenvalue weighted by Gasteiger charge is -2.33. The zero-order valence-corrected chi connectivity index (χ0v) is 21.1. The topological polar surface area (TPSA) is 61.7 Å². The number of phenols is 1. The van der Waals surface area contributed by atoms with Crippen LogP contribution in [0.1, 0.15) is 53.6 Å². The second-order valence-electron chi connectivity index (χ2n) is 9.39. The highest BCUT2D eigenvalue weighted by Gasteiger charge is 2.33. The minimum absolute atomic E-state index is 0.0887. The number of nitrogens with zero attached hydrogens (tertiary/aromatic N) is 1. The van der Waals surface area contributed by atoms with Gasteiger partial charge >= 0.3 is 0 Å². The van der Waals surface area contributed by atoms with Gasteiger partial charge < -0.3 is 10.4 Å². The molecule has 1 aromatic heterocycles. The Morgan fingerprint density at radius 3 is 2.64 bits per heavy atom. The molecule has 1 amide bonds. The van der Waals surface area contributed by atoms with Gasteiger partial charge in [0.25, 0.3) is 5.91 Å². The van der Waals surface area contributed by atoms with Gasteiger partial charge in [0.05, 0.1) is 10.6 Å². The molecule has 1 heterocycles. The summed E-state index contributed by atoms with van der Waals surface area (Å²) in [6.45, 7) is 6.80. The second-order valence-corrected chi connectivity index (χ2v) is 11.3. The van der Waals surface area contributed by atoms with E-state index in [9.17, 15) is 9.90 Å². The summed E-state index contributed by atoms with van der Waals surface area (Å²) in [7, 11) is 0. The second kappa shape index (κ2) is 9.49. The number of fused-ring (bicyclic) bond motifs is 1. The maximum Gasteiger partial charge on any atom is 0.259 e. The van der Waals surface area contributed by atoms with Crippen LogP contribution in [0.25, 0.3) is 0 Å². The normalized spacial score (nSPS) is 16.1. The largest absolute Gasteiger partial charge is 0.506 e. The third-order valence-electron chi connectivity index (χ3n) is 6.11. The van der Waals surface area contributed by atoms with Crippen LogP contribution in [-0.4, -0.2) is 17.2 Å². The van der Waals surface area contributed by atoms with Crippen molar-refractivity contribution < 1.29 is 9.90 Å². The molecular weight excluding hydrogens is 475 g/mol. The number of phenolic OH excluding ortho intramolecular Hbond substituents is 1. The molecular formula is C26H26Cl2N2O2S. The summed E-state index contributed by atoms with van der Waals surface area (Å²) in [5, 5.41) is 14.5. The average Bonchev–Trinajstić information content (AvgIpc) is 3.13. The molecule has 33 heavy (non-hydrogen) atoms. The Labute approximate surface area is 208 Å². The number of halogens is 2. The quantitative estimate of drug-likeness (QED) is 0.357. The van der Waals surface area contributed by atoms with E-state index < -0.39 is 0 Å². The molecule has 2 N–H and O–H groups in total. The number of carbonyl (C=O) groups excluding carboxylic acids is 1. The zero-order valence-electron chi connectivity index (χ0n) is 18.8. The van der Waals surface area contributed by atoms with Crippen LogP contribution >= 0.6 is 34.5 Å². The van der Waals surface area contributed by atoms with Crippen molar-refractivity contribution in [2.75, 3.05) is 5.32 Å². The summed E-state index contributed by atoms with van der Waals surface area (Å²) in [4.78, 5) is 19.2.